The van der Waals surface area contributed by atoms with Gasteiger partial charge in [0.25, 0.3) is 0 Å². The molecule has 4 rings (SSSR count). The molecule has 1 aliphatic heterocycles. The summed E-state index contributed by atoms with van der Waals surface area (Å²) >= 11 is 0. The highest BCUT2D eigenvalue weighted by molar-refractivity contribution is 6.01. The summed E-state index contributed by atoms with van der Waals surface area (Å²) in [5, 5.41) is 3.37. The summed E-state index contributed by atoms with van der Waals surface area (Å²) in [4.78, 5) is 22.4. The number of anilines is 3. The fraction of sp³-hybridized carbons (Fsp3) is 0.333. The molecule has 1 saturated heterocycles. The summed E-state index contributed by atoms with van der Waals surface area (Å²) in [5.74, 6) is 1.05. The normalized spacial score (nSPS) is 14.2. The highest BCUT2D eigenvalue weighted by Crippen LogP contribution is 2.30. The smallest absolute Gasteiger partial charge is 0.344 e. The molecule has 0 amide bonds. The van der Waals surface area contributed by atoms with Gasteiger partial charge in [-0.25, -0.2) is 9.78 Å². The van der Waals surface area contributed by atoms with Crippen LogP contribution in [-0.4, -0.2) is 55.2 Å². The van der Waals surface area contributed by atoms with Crippen LogP contribution in [0.1, 0.15) is 29.8 Å². The first-order valence-corrected chi connectivity index (χ1v) is 11.7. The van der Waals surface area contributed by atoms with E-state index in [9.17, 15) is 4.79 Å². The fourth-order valence-corrected chi connectivity index (χ4v) is 4.06. The van der Waals surface area contributed by atoms with Crippen LogP contribution in [0.3, 0.4) is 0 Å². The third-order valence-corrected chi connectivity index (χ3v) is 5.77. The number of aromatic nitrogens is 1. The number of hydrogen-bond donors (Lipinski definition) is 1. The maximum Gasteiger partial charge on any atom is 0.344 e. The van der Waals surface area contributed by atoms with Crippen molar-refractivity contribution < 1.29 is 14.3 Å². The highest BCUT2D eigenvalue weighted by atomic mass is 16.5. The zero-order chi connectivity index (χ0) is 23.9. The number of benzene rings is 2. The summed E-state index contributed by atoms with van der Waals surface area (Å²) in [6, 6.07) is 19.9. The Kier molecular flexibility index (Phi) is 7.65. The van der Waals surface area contributed by atoms with Crippen molar-refractivity contribution >= 4 is 23.2 Å². The Morgan fingerprint density at radius 1 is 1.00 bits per heavy atom. The average Bonchev–Trinajstić information content (AvgIpc) is 2.85. The van der Waals surface area contributed by atoms with E-state index < -0.39 is 0 Å². The third-order valence-electron chi connectivity index (χ3n) is 5.77. The molecule has 0 bridgehead atoms. The number of rotatable bonds is 8. The van der Waals surface area contributed by atoms with E-state index in [2.05, 4.69) is 44.4 Å². The van der Waals surface area contributed by atoms with Crippen molar-refractivity contribution in [2.45, 2.75) is 26.5 Å². The molecule has 0 spiro atoms. The number of esters is 1. The predicted molar refractivity (Wildman–Crippen MR) is 135 cm³/mol. The summed E-state index contributed by atoms with van der Waals surface area (Å²) in [5.41, 5.74) is 3.29. The standard InChI is InChI=1S/C27H32N4O3/c1-20(2)34-27(32)25-24(29-22-9-11-23(33-3)12-10-22)13-14-28-26(25)31-17-15-30(16-18-31)19-21-7-5-4-6-8-21/h4-14,20H,15-19H2,1-3H3,(H,28,29). The maximum atomic E-state index is 13.2. The summed E-state index contributed by atoms with van der Waals surface area (Å²) in [6.45, 7) is 7.99. The van der Waals surface area contributed by atoms with E-state index in [-0.39, 0.29) is 12.1 Å². The first kappa shape index (κ1) is 23.6. The summed E-state index contributed by atoms with van der Waals surface area (Å²) < 4.78 is 10.9. The van der Waals surface area contributed by atoms with Gasteiger partial charge in [0, 0.05) is 44.6 Å². The Bertz CT molecular complexity index is 1080. The number of methoxy groups -OCH3 is 1. The Morgan fingerprint density at radius 2 is 1.71 bits per heavy atom. The molecule has 178 valence electrons. The van der Waals surface area contributed by atoms with Gasteiger partial charge in [-0.15, -0.1) is 0 Å². The van der Waals surface area contributed by atoms with Gasteiger partial charge in [-0.1, -0.05) is 30.3 Å². The number of nitrogens with zero attached hydrogens (tertiary/aromatic N) is 3. The molecule has 0 radical (unpaired) electrons. The molecule has 7 heteroatoms. The molecule has 3 aromatic rings. The van der Waals surface area contributed by atoms with E-state index in [1.807, 2.05) is 50.2 Å². The van der Waals surface area contributed by atoms with Crippen LogP contribution >= 0.6 is 0 Å². The van der Waals surface area contributed by atoms with Crippen molar-refractivity contribution in [1.29, 1.82) is 0 Å². The lowest BCUT2D eigenvalue weighted by atomic mass is 10.1. The molecule has 0 unspecified atom stereocenters. The second kappa shape index (κ2) is 11.0. The van der Waals surface area contributed by atoms with Crippen molar-refractivity contribution in [3.05, 3.63) is 78.0 Å². The molecule has 1 fully saturated rings. The van der Waals surface area contributed by atoms with E-state index in [0.29, 0.717) is 17.1 Å². The second-order valence-electron chi connectivity index (χ2n) is 8.61. The number of nitrogens with one attached hydrogen (secondary N) is 1. The molecule has 2 heterocycles. The van der Waals surface area contributed by atoms with Gasteiger partial charge in [0.2, 0.25) is 0 Å². The molecule has 34 heavy (non-hydrogen) atoms. The van der Waals surface area contributed by atoms with Crippen LogP contribution < -0.4 is 15.0 Å². The van der Waals surface area contributed by atoms with E-state index in [4.69, 9.17) is 9.47 Å². The van der Waals surface area contributed by atoms with Crippen LogP contribution in [0.5, 0.6) is 5.75 Å². The van der Waals surface area contributed by atoms with Crippen molar-refractivity contribution in [2.24, 2.45) is 0 Å². The van der Waals surface area contributed by atoms with Crippen molar-refractivity contribution in [3.63, 3.8) is 0 Å². The van der Waals surface area contributed by atoms with Gasteiger partial charge in [0.1, 0.15) is 17.1 Å². The van der Waals surface area contributed by atoms with Crippen molar-refractivity contribution in [3.8, 4) is 5.75 Å². The number of carbonyl (C=O) groups excluding carboxylic acids is 1. The zero-order valence-corrected chi connectivity index (χ0v) is 20.0. The largest absolute Gasteiger partial charge is 0.497 e. The van der Waals surface area contributed by atoms with E-state index in [1.54, 1.807) is 13.3 Å². The minimum Gasteiger partial charge on any atom is -0.497 e. The Morgan fingerprint density at radius 3 is 2.35 bits per heavy atom. The monoisotopic (exact) mass is 460 g/mol. The topological polar surface area (TPSA) is 66.9 Å². The molecular formula is C27H32N4O3. The molecule has 2 aromatic carbocycles. The molecule has 7 nitrogen and oxygen atoms in total. The summed E-state index contributed by atoms with van der Waals surface area (Å²) in [6.07, 6.45) is 1.51. The third kappa shape index (κ3) is 5.85. The molecule has 0 saturated carbocycles. The van der Waals surface area contributed by atoms with Crippen LogP contribution in [0.25, 0.3) is 0 Å². The molecule has 1 N–H and O–H groups in total. The van der Waals surface area contributed by atoms with Crippen molar-refractivity contribution in [2.75, 3.05) is 43.5 Å². The van der Waals surface area contributed by atoms with Crippen LogP contribution in [0.15, 0.2) is 66.9 Å². The maximum absolute atomic E-state index is 13.2. The number of carbonyl (C=O) groups is 1. The van der Waals surface area contributed by atoms with E-state index >= 15 is 0 Å². The molecule has 1 aliphatic rings. The van der Waals surface area contributed by atoms with E-state index in [1.165, 1.54) is 5.56 Å². The Labute approximate surface area is 201 Å². The zero-order valence-electron chi connectivity index (χ0n) is 20.0. The lowest BCUT2D eigenvalue weighted by molar-refractivity contribution is 0.0379. The Hall–Kier alpha value is -3.58. The van der Waals surface area contributed by atoms with Crippen LogP contribution in [0, 0.1) is 0 Å². The van der Waals surface area contributed by atoms with Crippen LogP contribution in [0.4, 0.5) is 17.2 Å². The SMILES string of the molecule is COc1ccc(Nc2ccnc(N3CCN(Cc4ccccc4)CC3)c2C(=O)OC(C)C)cc1. The molecular weight excluding hydrogens is 428 g/mol. The van der Waals surface area contributed by atoms with Gasteiger partial charge in [0.05, 0.1) is 18.9 Å². The Balaban J connectivity index is 1.55. The molecule has 0 aliphatic carbocycles. The predicted octanol–water partition coefficient (Wildman–Crippen LogP) is 4.72. The average molecular weight is 461 g/mol. The number of hydrogen-bond acceptors (Lipinski definition) is 7. The molecule has 0 atom stereocenters. The van der Waals surface area contributed by atoms with Gasteiger partial charge < -0.3 is 19.7 Å². The van der Waals surface area contributed by atoms with Crippen LogP contribution in [0.2, 0.25) is 0 Å². The number of piperazine rings is 1. The summed E-state index contributed by atoms with van der Waals surface area (Å²) in [7, 11) is 1.64. The van der Waals surface area contributed by atoms with Crippen LogP contribution in [-0.2, 0) is 11.3 Å². The number of ether oxygens (including phenoxy) is 2. The van der Waals surface area contributed by atoms with Gasteiger partial charge in [0.15, 0.2) is 0 Å². The highest BCUT2D eigenvalue weighted by Gasteiger charge is 2.27. The number of pyridine rings is 1. The first-order chi connectivity index (χ1) is 16.5. The lowest BCUT2D eigenvalue weighted by Gasteiger charge is -2.36. The first-order valence-electron chi connectivity index (χ1n) is 11.7. The van der Waals surface area contributed by atoms with Gasteiger partial charge in [-0.3, -0.25) is 4.90 Å². The minimum absolute atomic E-state index is 0.225. The minimum atomic E-state index is -0.374. The van der Waals surface area contributed by atoms with E-state index in [0.717, 1.165) is 44.2 Å². The van der Waals surface area contributed by atoms with Crippen molar-refractivity contribution in [1.82, 2.24) is 9.88 Å². The quantitative estimate of drug-likeness (QED) is 0.488. The van der Waals surface area contributed by atoms with Gasteiger partial charge in [-0.2, -0.15) is 0 Å². The van der Waals surface area contributed by atoms with Gasteiger partial charge >= 0.3 is 5.97 Å². The molecule has 1 aromatic heterocycles. The lowest BCUT2D eigenvalue weighted by Crippen LogP contribution is -2.46. The van der Waals surface area contributed by atoms with Gasteiger partial charge in [-0.05, 0) is 49.7 Å². The fourth-order valence-electron chi connectivity index (χ4n) is 4.06. The second-order valence-corrected chi connectivity index (χ2v) is 8.61.